The van der Waals surface area contributed by atoms with Gasteiger partial charge in [0.15, 0.2) is 11.5 Å². The molecule has 2 aromatic carbocycles. The summed E-state index contributed by atoms with van der Waals surface area (Å²) >= 11 is 0. The number of nitrogens with zero attached hydrogens (tertiary/aromatic N) is 2. The van der Waals surface area contributed by atoms with E-state index in [0.29, 0.717) is 41.2 Å². The van der Waals surface area contributed by atoms with Crippen molar-refractivity contribution in [1.29, 1.82) is 0 Å². The molecule has 2 aliphatic heterocycles. The van der Waals surface area contributed by atoms with Gasteiger partial charge in [-0.25, -0.2) is 9.18 Å². The number of hydrogen-bond acceptors (Lipinski definition) is 7. The first kappa shape index (κ1) is 24.7. The van der Waals surface area contributed by atoms with Crippen LogP contribution in [0.3, 0.4) is 0 Å². The van der Waals surface area contributed by atoms with Gasteiger partial charge in [0.2, 0.25) is 18.4 Å². The molecule has 10 nitrogen and oxygen atoms in total. The highest BCUT2D eigenvalue weighted by Crippen LogP contribution is 2.46. The van der Waals surface area contributed by atoms with E-state index in [1.54, 1.807) is 13.1 Å². The van der Waals surface area contributed by atoms with E-state index < -0.39 is 23.7 Å². The van der Waals surface area contributed by atoms with Gasteiger partial charge in [-0.2, -0.15) is 0 Å². The number of imide groups is 2. The second-order valence-electron chi connectivity index (χ2n) is 8.24. The number of carbonyl (C=O) groups excluding carboxylic acids is 4. The molecule has 1 fully saturated rings. The lowest BCUT2D eigenvalue weighted by Crippen LogP contribution is -2.53. The van der Waals surface area contributed by atoms with E-state index in [1.807, 2.05) is 0 Å². The van der Waals surface area contributed by atoms with Crippen LogP contribution in [0.1, 0.15) is 23.6 Å². The summed E-state index contributed by atoms with van der Waals surface area (Å²) in [6.07, 6.45) is 1.70. The van der Waals surface area contributed by atoms with Crippen molar-refractivity contribution in [2.75, 3.05) is 27.5 Å². The van der Waals surface area contributed by atoms with Crippen molar-refractivity contribution in [2.45, 2.75) is 19.9 Å². The average Bonchev–Trinajstić information content (AvgIpc) is 3.31. The van der Waals surface area contributed by atoms with E-state index in [2.05, 4.69) is 5.32 Å². The van der Waals surface area contributed by atoms with Crippen LogP contribution in [-0.2, 0) is 27.3 Å². The number of benzene rings is 2. The molecule has 2 heterocycles. The highest BCUT2D eigenvalue weighted by molar-refractivity contribution is 6.31. The van der Waals surface area contributed by atoms with Crippen LogP contribution in [0, 0.1) is 5.82 Å². The molecule has 0 radical (unpaired) electrons. The molecule has 0 aliphatic carbocycles. The highest BCUT2D eigenvalue weighted by Gasteiger charge is 2.36. The second-order valence-corrected chi connectivity index (χ2v) is 8.24. The first-order chi connectivity index (χ1) is 17.2. The van der Waals surface area contributed by atoms with E-state index in [1.165, 1.54) is 49.3 Å². The lowest BCUT2D eigenvalue weighted by molar-refractivity contribution is -0.130. The van der Waals surface area contributed by atoms with Crippen LogP contribution in [0.5, 0.6) is 17.2 Å². The maximum absolute atomic E-state index is 13.3. The summed E-state index contributed by atoms with van der Waals surface area (Å²) in [5, 5.41) is 2.17. The minimum atomic E-state index is -0.882. The lowest BCUT2D eigenvalue weighted by atomic mass is 9.98. The zero-order valence-corrected chi connectivity index (χ0v) is 19.9. The second kappa shape index (κ2) is 10.1. The number of likely N-dealkylation sites (N-methyl/N-ethyl adjacent to an activating group) is 1. The molecule has 1 N–H and O–H groups in total. The summed E-state index contributed by atoms with van der Waals surface area (Å²) in [6, 6.07) is 6.14. The maximum atomic E-state index is 13.3. The Morgan fingerprint density at radius 2 is 1.94 bits per heavy atom. The third kappa shape index (κ3) is 4.85. The van der Waals surface area contributed by atoms with E-state index in [4.69, 9.17) is 14.2 Å². The van der Waals surface area contributed by atoms with Crippen LogP contribution in [0.4, 0.5) is 9.18 Å². The van der Waals surface area contributed by atoms with Crippen molar-refractivity contribution in [1.82, 2.24) is 15.1 Å². The van der Waals surface area contributed by atoms with Crippen LogP contribution in [-0.4, -0.2) is 61.0 Å². The van der Waals surface area contributed by atoms with Gasteiger partial charge in [0.25, 0.3) is 11.8 Å². The predicted octanol–water partition coefficient (Wildman–Crippen LogP) is 2.25. The first-order valence-electron chi connectivity index (χ1n) is 11.0. The Kier molecular flexibility index (Phi) is 6.91. The Morgan fingerprint density at radius 1 is 1.22 bits per heavy atom. The Bertz CT molecular complexity index is 1270. The van der Waals surface area contributed by atoms with Crippen LogP contribution in [0.15, 0.2) is 35.9 Å². The van der Waals surface area contributed by atoms with Crippen molar-refractivity contribution in [3.8, 4) is 17.2 Å². The van der Waals surface area contributed by atoms with Gasteiger partial charge < -0.3 is 19.1 Å². The van der Waals surface area contributed by atoms with E-state index in [9.17, 15) is 23.6 Å². The SMILES string of the molecule is COc1c(/C=C2/C(=O)NC(=O)N(Cc3ccc(F)cc3)C2=O)c(CCN(C)C(C)=O)cc2c1OCO2. The quantitative estimate of drug-likeness (QED) is 0.461. The van der Waals surface area contributed by atoms with Crippen molar-refractivity contribution in [3.05, 3.63) is 58.4 Å². The smallest absolute Gasteiger partial charge is 0.331 e. The van der Waals surface area contributed by atoms with E-state index in [-0.39, 0.29) is 30.6 Å². The van der Waals surface area contributed by atoms with Gasteiger partial charge in [0, 0.05) is 26.1 Å². The molecule has 188 valence electrons. The number of fused-ring (bicyclic) bond motifs is 1. The van der Waals surface area contributed by atoms with Gasteiger partial charge in [-0.15, -0.1) is 0 Å². The number of hydrogen-bond donors (Lipinski definition) is 1. The first-order valence-corrected chi connectivity index (χ1v) is 11.0. The van der Waals surface area contributed by atoms with Crippen molar-refractivity contribution in [3.63, 3.8) is 0 Å². The van der Waals surface area contributed by atoms with Gasteiger partial charge in [-0.05, 0) is 41.8 Å². The third-order valence-electron chi connectivity index (χ3n) is 5.93. The van der Waals surface area contributed by atoms with Crippen molar-refractivity contribution in [2.24, 2.45) is 0 Å². The van der Waals surface area contributed by atoms with Gasteiger partial charge in [0.1, 0.15) is 11.4 Å². The molecule has 36 heavy (non-hydrogen) atoms. The number of ether oxygens (including phenoxy) is 3. The van der Waals surface area contributed by atoms with Crippen molar-refractivity contribution >= 4 is 29.8 Å². The standard InChI is InChI=1S/C25H24FN3O7/c1-14(30)28(2)9-8-16-10-20-22(36-13-35-20)21(34-3)18(16)11-19-23(31)27-25(33)29(24(19)32)12-15-4-6-17(26)7-5-15/h4-7,10-11H,8-9,12-13H2,1-3H3,(H,27,31,33)/b19-11-. The number of nitrogens with one attached hydrogen (secondary N) is 1. The van der Waals surface area contributed by atoms with E-state index in [0.717, 1.165) is 4.90 Å². The molecule has 2 aromatic rings. The van der Waals surface area contributed by atoms with Gasteiger partial charge in [0.05, 0.1) is 13.7 Å². The monoisotopic (exact) mass is 497 g/mol. The largest absolute Gasteiger partial charge is 0.492 e. The molecule has 0 aromatic heterocycles. The number of rotatable bonds is 7. The summed E-state index contributed by atoms with van der Waals surface area (Å²) in [7, 11) is 3.07. The fourth-order valence-electron chi connectivity index (χ4n) is 3.84. The van der Waals surface area contributed by atoms with Crippen LogP contribution in [0.25, 0.3) is 6.08 Å². The minimum Gasteiger partial charge on any atom is -0.492 e. The summed E-state index contributed by atoms with van der Waals surface area (Å²) < 4.78 is 29.9. The summed E-state index contributed by atoms with van der Waals surface area (Å²) in [5.74, 6) is -1.27. The topological polar surface area (TPSA) is 114 Å². The fraction of sp³-hybridized carbons (Fsp3) is 0.280. The maximum Gasteiger partial charge on any atom is 0.331 e. The molecule has 0 atom stereocenters. The molecule has 5 amide bonds. The molecule has 2 aliphatic rings. The normalized spacial score (nSPS) is 15.8. The Morgan fingerprint density at radius 3 is 2.61 bits per heavy atom. The van der Waals surface area contributed by atoms with E-state index >= 15 is 0 Å². The third-order valence-corrected chi connectivity index (χ3v) is 5.93. The Balaban J connectivity index is 1.74. The number of amides is 5. The molecule has 0 bridgehead atoms. The summed E-state index contributed by atoms with van der Waals surface area (Å²) in [4.78, 5) is 52.5. The number of barbiturate groups is 1. The molecule has 0 spiro atoms. The predicted molar refractivity (Wildman–Crippen MR) is 125 cm³/mol. The number of methoxy groups -OCH3 is 1. The highest BCUT2D eigenvalue weighted by atomic mass is 19.1. The Labute approximate surface area is 206 Å². The summed E-state index contributed by atoms with van der Waals surface area (Å²) in [5.41, 5.74) is 1.23. The Hall–Kier alpha value is -4.41. The average molecular weight is 497 g/mol. The number of carbonyl (C=O) groups is 4. The van der Waals surface area contributed by atoms with Crippen LogP contribution in [0.2, 0.25) is 0 Å². The fourth-order valence-corrected chi connectivity index (χ4v) is 3.84. The lowest BCUT2D eigenvalue weighted by Gasteiger charge is -2.27. The molecule has 1 saturated heterocycles. The zero-order valence-electron chi connectivity index (χ0n) is 19.9. The minimum absolute atomic E-state index is 0.0299. The molecule has 0 saturated carbocycles. The molecule has 4 rings (SSSR count). The van der Waals surface area contributed by atoms with Gasteiger partial charge >= 0.3 is 6.03 Å². The van der Waals surface area contributed by atoms with Crippen LogP contribution >= 0.6 is 0 Å². The summed E-state index contributed by atoms with van der Waals surface area (Å²) in [6.45, 7) is 1.60. The molecule has 0 unspecified atom stereocenters. The molecular formula is C25H24FN3O7. The van der Waals surface area contributed by atoms with Gasteiger partial charge in [-0.3, -0.25) is 24.6 Å². The van der Waals surface area contributed by atoms with Crippen molar-refractivity contribution < 1.29 is 37.8 Å². The number of urea groups is 1. The number of halogens is 1. The molecule has 11 heteroatoms. The molecular weight excluding hydrogens is 473 g/mol. The van der Waals surface area contributed by atoms with Gasteiger partial charge in [-0.1, -0.05) is 12.1 Å². The van der Waals surface area contributed by atoms with Crippen LogP contribution < -0.4 is 19.5 Å². The zero-order chi connectivity index (χ0) is 26.0.